The summed E-state index contributed by atoms with van der Waals surface area (Å²) < 4.78 is 61.1. The molecular formula is C21H17F4N3O3. The summed E-state index contributed by atoms with van der Waals surface area (Å²) in [6, 6.07) is 8.14. The molecule has 2 aromatic heterocycles. The molecule has 1 aromatic carbocycles. The maximum absolute atomic E-state index is 14.2. The van der Waals surface area contributed by atoms with E-state index in [9.17, 15) is 22.4 Å². The molecule has 0 saturated carbocycles. The third-order valence-corrected chi connectivity index (χ3v) is 4.99. The number of ether oxygens (including phenoxy) is 2. The summed E-state index contributed by atoms with van der Waals surface area (Å²) in [6.07, 6.45) is -3.44. The van der Waals surface area contributed by atoms with Crippen LogP contribution in [-0.4, -0.2) is 34.9 Å². The number of rotatable bonds is 5. The van der Waals surface area contributed by atoms with Crippen molar-refractivity contribution in [3.05, 3.63) is 48.4 Å². The predicted octanol–water partition coefficient (Wildman–Crippen LogP) is 4.24. The highest BCUT2D eigenvalue weighted by molar-refractivity contribution is 5.87. The van der Waals surface area contributed by atoms with Crippen molar-refractivity contribution >= 4 is 16.8 Å². The first-order valence-corrected chi connectivity index (χ1v) is 9.44. The van der Waals surface area contributed by atoms with E-state index in [1.807, 2.05) is 6.92 Å². The zero-order valence-electron chi connectivity index (χ0n) is 16.2. The van der Waals surface area contributed by atoms with Crippen molar-refractivity contribution in [2.24, 2.45) is 5.92 Å². The van der Waals surface area contributed by atoms with Crippen molar-refractivity contribution in [2.45, 2.75) is 25.8 Å². The minimum Gasteiger partial charge on any atom is -0.474 e. The lowest BCUT2D eigenvalue weighted by Crippen LogP contribution is -2.26. The first kappa shape index (κ1) is 20.8. The number of alkyl halides is 3. The van der Waals surface area contributed by atoms with Gasteiger partial charge in [0.2, 0.25) is 11.8 Å². The van der Waals surface area contributed by atoms with Crippen LogP contribution < -0.4 is 14.8 Å². The van der Waals surface area contributed by atoms with Crippen LogP contribution in [0.5, 0.6) is 11.6 Å². The Labute approximate surface area is 174 Å². The maximum Gasteiger partial charge on any atom is 0.573 e. The van der Waals surface area contributed by atoms with Crippen molar-refractivity contribution in [3.8, 4) is 22.9 Å². The van der Waals surface area contributed by atoms with Gasteiger partial charge >= 0.3 is 6.36 Å². The van der Waals surface area contributed by atoms with Gasteiger partial charge in [0.1, 0.15) is 6.10 Å². The molecule has 162 valence electrons. The van der Waals surface area contributed by atoms with Gasteiger partial charge in [-0.3, -0.25) is 9.78 Å². The van der Waals surface area contributed by atoms with Gasteiger partial charge in [-0.15, -0.1) is 13.2 Å². The number of nitrogens with one attached hydrogen (secondary N) is 1. The summed E-state index contributed by atoms with van der Waals surface area (Å²) in [5.74, 6) is -1.96. The van der Waals surface area contributed by atoms with Crippen molar-refractivity contribution in [1.82, 2.24) is 15.3 Å². The second kappa shape index (κ2) is 8.01. The summed E-state index contributed by atoms with van der Waals surface area (Å²) in [4.78, 5) is 20.2. The fourth-order valence-electron chi connectivity index (χ4n) is 3.38. The Balaban J connectivity index is 1.69. The average Bonchev–Trinajstić information content (AvgIpc) is 3.15. The Morgan fingerprint density at radius 2 is 2.03 bits per heavy atom. The van der Waals surface area contributed by atoms with Crippen molar-refractivity contribution in [2.75, 3.05) is 6.54 Å². The number of carbonyl (C=O) groups is 1. The standard InChI is InChI=1S/C21H17F4N3O3/c1-11(13-8-19(29)27-10-13)30-20-14-3-2-6-26-17(14)9-16(28-20)12-4-5-18(15(22)7-12)31-21(23,24)25/h2-7,9,11,13H,8,10H2,1H3,(H,27,29)/t11-,13?/m1/s1. The largest absolute Gasteiger partial charge is 0.573 e. The molecule has 1 N–H and O–H groups in total. The smallest absolute Gasteiger partial charge is 0.474 e. The maximum atomic E-state index is 14.2. The van der Waals surface area contributed by atoms with Crippen LogP contribution in [0.3, 0.4) is 0 Å². The highest BCUT2D eigenvalue weighted by atomic mass is 19.4. The third kappa shape index (κ3) is 4.68. The Bertz CT molecular complexity index is 1140. The van der Waals surface area contributed by atoms with Crippen LogP contribution in [0.15, 0.2) is 42.6 Å². The van der Waals surface area contributed by atoms with E-state index in [4.69, 9.17) is 4.74 Å². The van der Waals surface area contributed by atoms with E-state index in [0.717, 1.165) is 12.1 Å². The number of hydrogen-bond acceptors (Lipinski definition) is 5. The minimum absolute atomic E-state index is 0.0408. The van der Waals surface area contributed by atoms with Gasteiger partial charge < -0.3 is 14.8 Å². The monoisotopic (exact) mass is 435 g/mol. The normalized spacial score (nSPS) is 17.5. The highest BCUT2D eigenvalue weighted by Crippen LogP contribution is 2.33. The summed E-state index contributed by atoms with van der Waals surface area (Å²) in [5, 5.41) is 3.37. The second-order valence-electron chi connectivity index (χ2n) is 7.17. The Morgan fingerprint density at radius 3 is 2.71 bits per heavy atom. The van der Waals surface area contributed by atoms with Crippen LogP contribution in [0.2, 0.25) is 0 Å². The van der Waals surface area contributed by atoms with Gasteiger partial charge in [0.15, 0.2) is 11.6 Å². The lowest BCUT2D eigenvalue weighted by Gasteiger charge is -2.20. The zero-order chi connectivity index (χ0) is 22.2. The Kier molecular flexibility index (Phi) is 5.38. The molecule has 0 radical (unpaired) electrons. The molecule has 0 bridgehead atoms. The number of aromatic nitrogens is 2. The summed E-state index contributed by atoms with van der Waals surface area (Å²) >= 11 is 0. The van der Waals surface area contributed by atoms with Gasteiger partial charge in [-0.2, -0.15) is 0 Å². The number of pyridine rings is 2. The molecule has 3 heterocycles. The van der Waals surface area contributed by atoms with E-state index >= 15 is 0 Å². The Morgan fingerprint density at radius 1 is 1.23 bits per heavy atom. The molecule has 10 heteroatoms. The van der Waals surface area contributed by atoms with Gasteiger partial charge in [-0.1, -0.05) is 0 Å². The molecule has 0 aliphatic carbocycles. The first-order chi connectivity index (χ1) is 14.7. The molecule has 1 amide bonds. The van der Waals surface area contributed by atoms with Crippen LogP contribution >= 0.6 is 0 Å². The summed E-state index contributed by atoms with van der Waals surface area (Å²) in [7, 11) is 0. The lowest BCUT2D eigenvalue weighted by atomic mass is 10.0. The SMILES string of the molecule is C[C@@H](Oc1nc(-c2ccc(OC(F)(F)F)c(F)c2)cc2ncccc12)C1CNC(=O)C1. The number of amides is 1. The summed E-state index contributed by atoms with van der Waals surface area (Å²) in [5.41, 5.74) is 1.02. The van der Waals surface area contributed by atoms with Crippen LogP contribution in [0, 0.1) is 11.7 Å². The molecule has 1 unspecified atom stereocenters. The van der Waals surface area contributed by atoms with Crippen molar-refractivity contribution in [1.29, 1.82) is 0 Å². The van der Waals surface area contributed by atoms with Gasteiger partial charge in [-0.05, 0) is 43.3 Å². The molecule has 1 saturated heterocycles. The van der Waals surface area contributed by atoms with Gasteiger partial charge in [0.25, 0.3) is 0 Å². The number of benzene rings is 1. The van der Waals surface area contributed by atoms with E-state index in [1.54, 1.807) is 24.4 Å². The van der Waals surface area contributed by atoms with Gasteiger partial charge in [-0.25, -0.2) is 9.37 Å². The Hall–Kier alpha value is -3.43. The predicted molar refractivity (Wildman–Crippen MR) is 103 cm³/mol. The average molecular weight is 435 g/mol. The van der Waals surface area contributed by atoms with Crippen LogP contribution in [-0.2, 0) is 4.79 Å². The van der Waals surface area contributed by atoms with Crippen LogP contribution in [0.25, 0.3) is 22.2 Å². The summed E-state index contributed by atoms with van der Waals surface area (Å²) in [6.45, 7) is 2.31. The number of hydrogen-bond donors (Lipinski definition) is 1. The fourth-order valence-corrected chi connectivity index (χ4v) is 3.38. The lowest BCUT2D eigenvalue weighted by molar-refractivity contribution is -0.275. The first-order valence-electron chi connectivity index (χ1n) is 9.44. The minimum atomic E-state index is -5.00. The molecule has 4 rings (SSSR count). The molecule has 1 aliphatic heterocycles. The van der Waals surface area contributed by atoms with Crippen LogP contribution in [0.4, 0.5) is 17.6 Å². The molecule has 3 aromatic rings. The number of fused-ring (bicyclic) bond motifs is 1. The molecular weight excluding hydrogens is 418 g/mol. The zero-order valence-corrected chi connectivity index (χ0v) is 16.2. The fraction of sp³-hybridized carbons (Fsp3) is 0.286. The van der Waals surface area contributed by atoms with E-state index in [1.165, 1.54) is 6.07 Å². The molecule has 1 aliphatic rings. The highest BCUT2D eigenvalue weighted by Gasteiger charge is 2.32. The van der Waals surface area contributed by atoms with E-state index in [0.29, 0.717) is 23.9 Å². The number of nitrogens with zero attached hydrogens (tertiary/aromatic N) is 2. The van der Waals surface area contributed by atoms with E-state index in [2.05, 4.69) is 20.0 Å². The second-order valence-corrected chi connectivity index (χ2v) is 7.17. The molecule has 1 fully saturated rings. The number of carbonyl (C=O) groups excluding carboxylic acids is 1. The van der Waals surface area contributed by atoms with Crippen molar-refractivity contribution in [3.63, 3.8) is 0 Å². The van der Waals surface area contributed by atoms with Crippen LogP contribution in [0.1, 0.15) is 13.3 Å². The van der Waals surface area contributed by atoms with Crippen molar-refractivity contribution < 1.29 is 31.8 Å². The molecule has 6 nitrogen and oxygen atoms in total. The third-order valence-electron chi connectivity index (χ3n) is 4.99. The molecule has 31 heavy (non-hydrogen) atoms. The quantitative estimate of drug-likeness (QED) is 0.607. The molecule has 0 spiro atoms. The van der Waals surface area contributed by atoms with E-state index in [-0.39, 0.29) is 35.1 Å². The topological polar surface area (TPSA) is 73.3 Å². The van der Waals surface area contributed by atoms with Gasteiger partial charge in [0.05, 0.1) is 16.6 Å². The van der Waals surface area contributed by atoms with E-state index < -0.39 is 17.9 Å². The van der Waals surface area contributed by atoms with Gasteiger partial charge in [0, 0.05) is 30.6 Å². The number of halogens is 4. The molecule has 2 atom stereocenters.